The summed E-state index contributed by atoms with van der Waals surface area (Å²) in [5, 5.41) is 9.64. The van der Waals surface area contributed by atoms with Crippen molar-refractivity contribution in [1.29, 1.82) is 5.26 Å². The number of nitrogens with two attached hydrogens (primary N) is 1. The first kappa shape index (κ1) is 20.8. The molecule has 9 nitrogen and oxygen atoms in total. The molecule has 1 aromatic carbocycles. The maximum Gasteiger partial charge on any atom is 0.338 e. The molecule has 2 aliphatic rings. The second kappa shape index (κ2) is 8.61. The molecule has 0 amide bonds. The van der Waals surface area contributed by atoms with Crippen LogP contribution in [-0.2, 0) is 23.8 Å². The van der Waals surface area contributed by atoms with Crippen LogP contribution in [0.1, 0.15) is 25.3 Å². The van der Waals surface area contributed by atoms with Gasteiger partial charge >= 0.3 is 11.9 Å². The molecule has 0 fully saturated rings. The summed E-state index contributed by atoms with van der Waals surface area (Å²) in [6.45, 7) is 6.31. The molecule has 2 N–H and O–H groups in total. The molecule has 1 aromatic rings. The van der Waals surface area contributed by atoms with Crippen LogP contribution in [0.5, 0.6) is 11.5 Å². The lowest BCUT2D eigenvalue weighted by molar-refractivity contribution is -0.147. The van der Waals surface area contributed by atoms with Crippen LogP contribution < -0.4 is 15.2 Å². The van der Waals surface area contributed by atoms with Crippen LogP contribution in [-0.4, -0.2) is 31.9 Å². The van der Waals surface area contributed by atoms with Gasteiger partial charge in [0.1, 0.15) is 30.6 Å². The number of fused-ring (bicyclic) bond motifs is 1. The molecule has 9 heteroatoms. The molecule has 156 valence electrons. The van der Waals surface area contributed by atoms with E-state index < -0.39 is 17.9 Å². The molecule has 0 unspecified atom stereocenters. The summed E-state index contributed by atoms with van der Waals surface area (Å²) >= 11 is 0. The van der Waals surface area contributed by atoms with E-state index in [0.29, 0.717) is 17.1 Å². The number of nitriles is 1. The molecule has 0 aliphatic carbocycles. The molecule has 0 aromatic heterocycles. The molecule has 2 aliphatic heterocycles. The van der Waals surface area contributed by atoms with Gasteiger partial charge in [0.15, 0.2) is 11.5 Å². The first-order chi connectivity index (χ1) is 14.3. The summed E-state index contributed by atoms with van der Waals surface area (Å²) in [6, 6.07) is 7.09. The second-order valence-electron chi connectivity index (χ2n) is 6.56. The van der Waals surface area contributed by atoms with Gasteiger partial charge in [-0.3, -0.25) is 0 Å². The molecule has 0 saturated carbocycles. The first-order valence-corrected chi connectivity index (χ1v) is 9.01. The zero-order valence-electron chi connectivity index (χ0n) is 16.5. The van der Waals surface area contributed by atoms with Gasteiger partial charge in [0.2, 0.25) is 12.7 Å². The molecular formula is C21H20N2O7. The van der Waals surface area contributed by atoms with Crippen molar-refractivity contribution in [1.82, 2.24) is 0 Å². The normalized spacial score (nSPS) is 17.2. The van der Waals surface area contributed by atoms with E-state index in [-0.39, 0.29) is 48.4 Å². The third kappa shape index (κ3) is 4.07. The fourth-order valence-corrected chi connectivity index (χ4v) is 3.04. The molecule has 0 spiro atoms. The van der Waals surface area contributed by atoms with Crippen LogP contribution >= 0.6 is 0 Å². The van der Waals surface area contributed by atoms with E-state index >= 15 is 0 Å². The smallest absolute Gasteiger partial charge is 0.338 e. The Kier molecular flexibility index (Phi) is 5.97. The van der Waals surface area contributed by atoms with Crippen molar-refractivity contribution in [2.45, 2.75) is 19.8 Å². The SMILES string of the molecule is C=C(C)C(=O)OCCOC(=O)C1=C(C)OC(N)=C(C#N)[C@H]1c1ccc2c(c1)OCO2. The predicted octanol–water partition coefficient (Wildman–Crippen LogP) is 2.16. The Hall–Kier alpha value is -3.93. The number of rotatable bonds is 6. The lowest BCUT2D eigenvalue weighted by Crippen LogP contribution is -2.26. The zero-order chi connectivity index (χ0) is 21.8. The van der Waals surface area contributed by atoms with Crippen molar-refractivity contribution in [2.24, 2.45) is 5.73 Å². The van der Waals surface area contributed by atoms with E-state index in [1.54, 1.807) is 25.1 Å². The minimum Gasteiger partial charge on any atom is -0.459 e. The number of ether oxygens (including phenoxy) is 5. The maximum absolute atomic E-state index is 12.8. The number of esters is 2. The maximum atomic E-state index is 12.8. The minimum atomic E-state index is -0.816. The van der Waals surface area contributed by atoms with Crippen LogP contribution in [0.4, 0.5) is 0 Å². The third-order valence-electron chi connectivity index (χ3n) is 4.45. The van der Waals surface area contributed by atoms with Crippen LogP contribution in [0.25, 0.3) is 0 Å². The fourth-order valence-electron chi connectivity index (χ4n) is 3.04. The summed E-state index contributed by atoms with van der Waals surface area (Å²) in [5.41, 5.74) is 6.90. The van der Waals surface area contributed by atoms with Crippen LogP contribution in [0, 0.1) is 11.3 Å². The predicted molar refractivity (Wildman–Crippen MR) is 103 cm³/mol. The van der Waals surface area contributed by atoms with E-state index in [0.717, 1.165) is 0 Å². The van der Waals surface area contributed by atoms with Gasteiger partial charge in [-0.25, -0.2) is 9.59 Å². The van der Waals surface area contributed by atoms with Crippen LogP contribution in [0.15, 0.2) is 53.1 Å². The number of nitrogens with zero attached hydrogens (tertiary/aromatic N) is 1. The highest BCUT2D eigenvalue weighted by Gasteiger charge is 2.37. The second-order valence-corrected chi connectivity index (χ2v) is 6.56. The van der Waals surface area contributed by atoms with Gasteiger partial charge in [-0.1, -0.05) is 12.6 Å². The van der Waals surface area contributed by atoms with Gasteiger partial charge in [-0.05, 0) is 31.5 Å². The van der Waals surface area contributed by atoms with Gasteiger partial charge in [0, 0.05) is 5.57 Å². The fraction of sp³-hybridized carbons (Fsp3) is 0.286. The Balaban J connectivity index is 1.84. The first-order valence-electron chi connectivity index (χ1n) is 9.01. The Bertz CT molecular complexity index is 1020. The molecule has 0 saturated heterocycles. The summed E-state index contributed by atoms with van der Waals surface area (Å²) in [4.78, 5) is 24.2. The van der Waals surface area contributed by atoms with E-state index in [1.807, 2.05) is 6.07 Å². The van der Waals surface area contributed by atoms with Gasteiger partial charge < -0.3 is 29.4 Å². The highest BCUT2D eigenvalue weighted by molar-refractivity contribution is 5.92. The molecule has 30 heavy (non-hydrogen) atoms. The molecule has 3 rings (SSSR count). The number of benzene rings is 1. The lowest BCUT2D eigenvalue weighted by Gasteiger charge is -2.27. The summed E-state index contributed by atoms with van der Waals surface area (Å²) in [6.07, 6.45) is 0. The highest BCUT2D eigenvalue weighted by atomic mass is 16.7. The monoisotopic (exact) mass is 412 g/mol. The van der Waals surface area contributed by atoms with Crippen molar-refractivity contribution in [3.05, 3.63) is 58.7 Å². The van der Waals surface area contributed by atoms with E-state index in [4.69, 9.17) is 29.4 Å². The molecule has 1 atom stereocenters. The zero-order valence-corrected chi connectivity index (χ0v) is 16.5. The average molecular weight is 412 g/mol. The lowest BCUT2D eigenvalue weighted by atomic mass is 9.83. The van der Waals surface area contributed by atoms with Crippen LogP contribution in [0.3, 0.4) is 0 Å². The van der Waals surface area contributed by atoms with Crippen molar-refractivity contribution in [2.75, 3.05) is 20.0 Å². The Morgan fingerprint density at radius 3 is 2.67 bits per heavy atom. The molecule has 0 radical (unpaired) electrons. The summed E-state index contributed by atoms with van der Waals surface area (Å²) < 4.78 is 26.3. The average Bonchev–Trinajstić information content (AvgIpc) is 3.18. The number of allylic oxidation sites excluding steroid dienone is 2. The summed E-state index contributed by atoms with van der Waals surface area (Å²) in [5.74, 6) is -0.950. The Morgan fingerprint density at radius 1 is 1.27 bits per heavy atom. The largest absolute Gasteiger partial charge is 0.459 e. The topological polar surface area (TPSA) is 130 Å². The van der Waals surface area contributed by atoms with Gasteiger partial charge in [-0.2, -0.15) is 5.26 Å². The van der Waals surface area contributed by atoms with E-state index in [1.165, 1.54) is 6.92 Å². The molecular weight excluding hydrogens is 392 g/mol. The number of carbonyl (C=O) groups excluding carboxylic acids is 2. The third-order valence-corrected chi connectivity index (χ3v) is 4.45. The number of hydrogen-bond acceptors (Lipinski definition) is 9. The van der Waals surface area contributed by atoms with Crippen molar-refractivity contribution in [3.8, 4) is 17.6 Å². The quantitative estimate of drug-likeness (QED) is 0.424. The highest BCUT2D eigenvalue weighted by Crippen LogP contribution is 2.43. The van der Waals surface area contributed by atoms with Crippen molar-refractivity contribution < 1.29 is 33.3 Å². The Morgan fingerprint density at radius 2 is 1.97 bits per heavy atom. The number of carbonyl (C=O) groups is 2. The minimum absolute atomic E-state index is 0.0696. The van der Waals surface area contributed by atoms with E-state index in [9.17, 15) is 14.9 Å². The van der Waals surface area contributed by atoms with Gasteiger partial charge in [0.05, 0.1) is 11.5 Å². The van der Waals surface area contributed by atoms with Gasteiger partial charge in [-0.15, -0.1) is 0 Å². The summed E-state index contributed by atoms with van der Waals surface area (Å²) in [7, 11) is 0. The molecule has 0 bridgehead atoms. The van der Waals surface area contributed by atoms with Crippen molar-refractivity contribution in [3.63, 3.8) is 0 Å². The van der Waals surface area contributed by atoms with Crippen LogP contribution in [0.2, 0.25) is 0 Å². The van der Waals surface area contributed by atoms with Crippen molar-refractivity contribution >= 4 is 11.9 Å². The molecule has 2 heterocycles. The van der Waals surface area contributed by atoms with Gasteiger partial charge in [0.25, 0.3) is 0 Å². The Labute approximate surface area is 172 Å². The van der Waals surface area contributed by atoms with E-state index in [2.05, 4.69) is 6.58 Å². The number of hydrogen-bond donors (Lipinski definition) is 1. The standard InChI is InChI=1S/C21H20N2O7/c1-11(2)20(24)26-6-7-27-21(25)17-12(3)30-19(23)14(9-22)18(17)13-4-5-15-16(8-13)29-10-28-15/h4-5,8,18H,1,6-7,10,23H2,2-3H3/t18-/m1/s1.